The number of nitrogens with one attached hydrogen (secondary N) is 1. The molecule has 2 aromatic rings. The number of para-hydroxylation sites is 1. The van der Waals surface area contributed by atoms with Gasteiger partial charge in [0.15, 0.2) is 5.78 Å². The molecule has 1 aliphatic carbocycles. The lowest BCUT2D eigenvalue weighted by atomic mass is 9.89. The van der Waals surface area contributed by atoms with Crippen molar-refractivity contribution in [3.8, 4) is 17.0 Å². The number of hydrogen-bond donors (Lipinski definition) is 1. The van der Waals surface area contributed by atoms with Crippen LogP contribution in [0.15, 0.2) is 24.3 Å². The van der Waals surface area contributed by atoms with Crippen LogP contribution in [0, 0.1) is 6.92 Å². The van der Waals surface area contributed by atoms with E-state index in [1.54, 1.807) is 0 Å². The van der Waals surface area contributed by atoms with Crippen LogP contribution in [0.25, 0.3) is 11.3 Å². The number of H-pyrrole nitrogens is 1. The summed E-state index contributed by atoms with van der Waals surface area (Å²) in [6, 6.07) is 8.12. The molecule has 1 aromatic heterocycles. The molecule has 1 aromatic carbocycles. The number of aryl methyl sites for hydroxylation is 1. The summed E-state index contributed by atoms with van der Waals surface area (Å²) in [5.41, 5.74) is 5.13. The van der Waals surface area contributed by atoms with Gasteiger partial charge in [-0.05, 0) is 37.5 Å². The summed E-state index contributed by atoms with van der Waals surface area (Å²) < 4.78 is 11.5. The van der Waals surface area contributed by atoms with E-state index in [-0.39, 0.29) is 5.78 Å². The molecule has 0 atom stereocenters. The fraction of sp³-hybridized carbons (Fsp3) is 0.476. The summed E-state index contributed by atoms with van der Waals surface area (Å²) in [6.45, 7) is 7.09. The molecule has 1 N–H and O–H groups in total. The number of hydrogen-bond acceptors (Lipinski definition) is 4. The van der Waals surface area contributed by atoms with Crippen LogP contribution in [-0.4, -0.2) is 55.1 Å². The van der Waals surface area contributed by atoms with Gasteiger partial charge in [0, 0.05) is 42.9 Å². The van der Waals surface area contributed by atoms with Crippen molar-refractivity contribution < 1.29 is 14.3 Å². The van der Waals surface area contributed by atoms with Crippen molar-refractivity contribution >= 4 is 5.78 Å². The molecule has 1 aliphatic heterocycles. The first-order chi connectivity index (χ1) is 12.7. The van der Waals surface area contributed by atoms with E-state index in [4.69, 9.17) is 9.47 Å². The van der Waals surface area contributed by atoms with Gasteiger partial charge in [-0.3, -0.25) is 9.69 Å². The van der Waals surface area contributed by atoms with Gasteiger partial charge in [-0.25, -0.2) is 0 Å². The van der Waals surface area contributed by atoms with Gasteiger partial charge in [0.1, 0.15) is 12.4 Å². The van der Waals surface area contributed by atoms with E-state index in [2.05, 4.69) is 16.0 Å². The number of aromatic amines is 1. The Balaban J connectivity index is 1.54. The highest BCUT2D eigenvalue weighted by atomic mass is 16.5. The van der Waals surface area contributed by atoms with Crippen molar-refractivity contribution in [2.45, 2.75) is 26.2 Å². The molecule has 5 nitrogen and oxygen atoms in total. The normalized spacial score (nSPS) is 18.0. The molecule has 0 saturated carbocycles. The van der Waals surface area contributed by atoms with Crippen LogP contribution in [0.5, 0.6) is 5.75 Å². The highest BCUT2D eigenvalue weighted by molar-refractivity contribution is 6.01. The van der Waals surface area contributed by atoms with Crippen molar-refractivity contribution in [3.63, 3.8) is 0 Å². The number of aromatic nitrogens is 1. The number of carbonyl (C=O) groups excluding carboxylic acids is 1. The zero-order valence-corrected chi connectivity index (χ0v) is 15.3. The van der Waals surface area contributed by atoms with E-state index in [9.17, 15) is 4.79 Å². The molecule has 26 heavy (non-hydrogen) atoms. The third kappa shape index (κ3) is 3.41. The summed E-state index contributed by atoms with van der Waals surface area (Å²) in [5, 5.41) is 0. The maximum Gasteiger partial charge on any atom is 0.164 e. The first-order valence-corrected chi connectivity index (χ1v) is 9.51. The van der Waals surface area contributed by atoms with Crippen LogP contribution in [-0.2, 0) is 11.2 Å². The number of morpholine rings is 1. The fourth-order valence-corrected chi connectivity index (χ4v) is 3.99. The number of fused-ring (bicyclic) bond motifs is 1. The second-order valence-electron chi connectivity index (χ2n) is 7.05. The quantitative estimate of drug-likeness (QED) is 0.896. The van der Waals surface area contributed by atoms with Crippen LogP contribution in [0.2, 0.25) is 0 Å². The maximum atomic E-state index is 12.3. The Hall–Kier alpha value is -2.11. The number of ether oxygens (including phenoxy) is 2. The Kier molecular flexibility index (Phi) is 5.09. The smallest absolute Gasteiger partial charge is 0.164 e. The third-order valence-corrected chi connectivity index (χ3v) is 5.33. The Bertz CT molecular complexity index is 791. The number of rotatable bonds is 5. The first-order valence-electron chi connectivity index (χ1n) is 9.51. The Morgan fingerprint density at radius 1 is 1.19 bits per heavy atom. The van der Waals surface area contributed by atoms with E-state index < -0.39 is 0 Å². The fourth-order valence-electron chi connectivity index (χ4n) is 3.99. The van der Waals surface area contributed by atoms with E-state index in [0.29, 0.717) is 13.0 Å². The zero-order valence-electron chi connectivity index (χ0n) is 15.3. The molecule has 0 radical (unpaired) electrons. The van der Waals surface area contributed by atoms with Crippen LogP contribution in [0.4, 0.5) is 0 Å². The molecule has 5 heteroatoms. The average molecular weight is 354 g/mol. The predicted octanol–water partition coefficient (Wildman–Crippen LogP) is 3.22. The van der Waals surface area contributed by atoms with Gasteiger partial charge >= 0.3 is 0 Å². The monoisotopic (exact) mass is 354 g/mol. The second-order valence-corrected chi connectivity index (χ2v) is 7.05. The van der Waals surface area contributed by atoms with Gasteiger partial charge in [-0.15, -0.1) is 0 Å². The van der Waals surface area contributed by atoms with Gasteiger partial charge in [0.2, 0.25) is 0 Å². The molecule has 1 saturated heterocycles. The lowest BCUT2D eigenvalue weighted by Crippen LogP contribution is -2.38. The van der Waals surface area contributed by atoms with Crippen molar-refractivity contribution in [2.75, 3.05) is 39.5 Å². The Morgan fingerprint density at radius 2 is 2.00 bits per heavy atom. The van der Waals surface area contributed by atoms with E-state index >= 15 is 0 Å². The summed E-state index contributed by atoms with van der Waals surface area (Å²) in [6.07, 6.45) is 2.53. The minimum absolute atomic E-state index is 0.261. The van der Waals surface area contributed by atoms with Gasteiger partial charge in [-0.1, -0.05) is 12.1 Å². The summed E-state index contributed by atoms with van der Waals surface area (Å²) in [4.78, 5) is 18.1. The van der Waals surface area contributed by atoms with Gasteiger partial charge in [0.05, 0.1) is 18.9 Å². The number of Topliss-reactive ketones (excluding diaryl/α,β-unsaturated/α-hetero) is 1. The minimum atomic E-state index is 0.261. The van der Waals surface area contributed by atoms with Crippen LogP contribution >= 0.6 is 0 Å². The van der Waals surface area contributed by atoms with Crippen molar-refractivity contribution in [1.29, 1.82) is 0 Å². The number of carbonyl (C=O) groups is 1. The van der Waals surface area contributed by atoms with E-state index in [1.165, 1.54) is 0 Å². The lowest BCUT2D eigenvalue weighted by Gasteiger charge is -2.26. The van der Waals surface area contributed by atoms with E-state index in [1.807, 2.05) is 25.1 Å². The van der Waals surface area contributed by atoms with E-state index in [0.717, 1.165) is 79.5 Å². The summed E-state index contributed by atoms with van der Waals surface area (Å²) in [5.74, 6) is 1.14. The van der Waals surface area contributed by atoms with Crippen molar-refractivity contribution in [1.82, 2.24) is 9.88 Å². The largest absolute Gasteiger partial charge is 0.492 e. The van der Waals surface area contributed by atoms with Gasteiger partial charge < -0.3 is 14.5 Å². The molecule has 4 rings (SSSR count). The van der Waals surface area contributed by atoms with Crippen molar-refractivity contribution in [3.05, 3.63) is 41.1 Å². The number of nitrogens with zero attached hydrogens (tertiary/aromatic N) is 1. The molecule has 138 valence electrons. The highest BCUT2D eigenvalue weighted by Crippen LogP contribution is 2.37. The van der Waals surface area contributed by atoms with Gasteiger partial charge in [-0.2, -0.15) is 0 Å². The molecular formula is C21H26N2O3. The standard InChI is InChI=1S/C21H26N2O3/c1-15-20-17(6-4-7-18(20)24)21(22-15)16-5-2-3-8-19(16)26-14-11-23-9-12-25-13-10-23/h2-3,5,8,22H,4,6-7,9-14H2,1H3. The third-order valence-electron chi connectivity index (χ3n) is 5.33. The van der Waals surface area contributed by atoms with Crippen LogP contribution < -0.4 is 4.74 Å². The SMILES string of the molecule is Cc1[nH]c(-c2ccccc2OCCN2CCOCC2)c2c1C(=O)CCC2. The molecule has 1 fully saturated rings. The molecule has 0 amide bonds. The molecule has 2 heterocycles. The molecule has 0 unspecified atom stereocenters. The number of benzene rings is 1. The lowest BCUT2D eigenvalue weighted by molar-refractivity contribution is 0.0323. The summed E-state index contributed by atoms with van der Waals surface area (Å²) >= 11 is 0. The molecular weight excluding hydrogens is 328 g/mol. The van der Waals surface area contributed by atoms with Crippen LogP contribution in [0.3, 0.4) is 0 Å². The molecule has 0 bridgehead atoms. The highest BCUT2D eigenvalue weighted by Gasteiger charge is 2.26. The maximum absolute atomic E-state index is 12.3. The van der Waals surface area contributed by atoms with Gasteiger partial charge in [0.25, 0.3) is 0 Å². The van der Waals surface area contributed by atoms with Crippen molar-refractivity contribution in [2.24, 2.45) is 0 Å². The van der Waals surface area contributed by atoms with Crippen LogP contribution in [0.1, 0.15) is 34.5 Å². The summed E-state index contributed by atoms with van der Waals surface area (Å²) in [7, 11) is 0. The average Bonchev–Trinajstić information content (AvgIpc) is 3.01. The Labute approximate surface area is 154 Å². The molecule has 2 aliphatic rings. The zero-order chi connectivity index (χ0) is 17.9. The Morgan fingerprint density at radius 3 is 2.85 bits per heavy atom. The first kappa shape index (κ1) is 17.3. The predicted molar refractivity (Wildman–Crippen MR) is 101 cm³/mol. The second kappa shape index (κ2) is 7.64. The molecule has 0 spiro atoms. The number of ketones is 1. The topological polar surface area (TPSA) is 54.6 Å². The minimum Gasteiger partial charge on any atom is -0.492 e.